The van der Waals surface area contributed by atoms with Crippen molar-refractivity contribution in [2.75, 3.05) is 5.75 Å². The van der Waals surface area contributed by atoms with Crippen molar-refractivity contribution in [3.8, 4) is 0 Å². The molecule has 0 saturated heterocycles. The number of hydrogen-bond donors (Lipinski definition) is 1. The van der Waals surface area contributed by atoms with Gasteiger partial charge in [-0.25, -0.2) is 0 Å². The smallest absolute Gasteiger partial charge is 0.0749 e. The van der Waals surface area contributed by atoms with Crippen molar-refractivity contribution < 1.29 is 4.21 Å². The monoisotopic (exact) mass is 215 g/mol. The zero-order valence-electron chi connectivity index (χ0n) is 8.64. The van der Waals surface area contributed by atoms with E-state index in [-0.39, 0.29) is 6.04 Å². The molecular weight excluding hydrogens is 198 g/mol. The number of aryl methyl sites for hydroxylation is 1. The second-order valence-corrected chi connectivity index (χ2v) is 5.11. The minimum atomic E-state index is -0.834. The number of hydrogen-bond acceptors (Lipinski definition) is 3. The Hall–Kier alpha value is -0.680. The fourth-order valence-corrected chi connectivity index (χ4v) is 2.36. The lowest BCUT2D eigenvalue weighted by atomic mass is 10.3. The van der Waals surface area contributed by atoms with Gasteiger partial charge in [0, 0.05) is 35.8 Å². The number of nitrogens with two attached hydrogens (primary N) is 1. The first kappa shape index (κ1) is 11.4. The minimum Gasteiger partial charge on any atom is -0.328 e. The van der Waals surface area contributed by atoms with Crippen molar-refractivity contribution >= 4 is 10.8 Å². The van der Waals surface area contributed by atoms with Crippen LogP contribution in [0.1, 0.15) is 19.0 Å². The fourth-order valence-electron chi connectivity index (χ4n) is 1.09. The van der Waals surface area contributed by atoms with E-state index in [9.17, 15) is 4.21 Å². The lowest BCUT2D eigenvalue weighted by Crippen LogP contribution is -2.18. The van der Waals surface area contributed by atoms with Crippen LogP contribution in [0.3, 0.4) is 0 Å². The van der Waals surface area contributed by atoms with Gasteiger partial charge in [0.15, 0.2) is 0 Å². The molecule has 2 unspecified atom stereocenters. The molecule has 0 aliphatic carbocycles. The third-order valence-corrected chi connectivity index (χ3v) is 3.19. The Morgan fingerprint density at radius 3 is 2.93 bits per heavy atom. The van der Waals surface area contributed by atoms with Crippen LogP contribution >= 0.6 is 0 Å². The van der Waals surface area contributed by atoms with E-state index in [1.54, 1.807) is 4.68 Å². The zero-order valence-corrected chi connectivity index (χ0v) is 9.46. The Morgan fingerprint density at radius 2 is 2.43 bits per heavy atom. The van der Waals surface area contributed by atoms with Crippen molar-refractivity contribution in [1.29, 1.82) is 0 Å². The summed E-state index contributed by atoms with van der Waals surface area (Å²) in [5.74, 6) is 1.20. The molecule has 1 rings (SSSR count). The van der Waals surface area contributed by atoms with Gasteiger partial charge in [-0.1, -0.05) is 0 Å². The predicted octanol–water partition coefficient (Wildman–Crippen LogP) is 0.406. The first-order valence-electron chi connectivity index (χ1n) is 4.67. The quantitative estimate of drug-likeness (QED) is 0.773. The van der Waals surface area contributed by atoms with E-state index in [0.29, 0.717) is 11.5 Å². The summed E-state index contributed by atoms with van der Waals surface area (Å²) in [5, 5.41) is 4.17. The van der Waals surface area contributed by atoms with Gasteiger partial charge >= 0.3 is 0 Å². The van der Waals surface area contributed by atoms with Crippen LogP contribution in [0.25, 0.3) is 0 Å². The molecule has 0 bridgehead atoms. The van der Waals surface area contributed by atoms with Crippen LogP contribution in [0.2, 0.25) is 0 Å². The summed E-state index contributed by atoms with van der Waals surface area (Å²) in [6, 6.07) is 2.02. The summed E-state index contributed by atoms with van der Waals surface area (Å²) in [4.78, 5) is 0. The maximum Gasteiger partial charge on any atom is 0.0749 e. The average Bonchev–Trinajstić information content (AvgIpc) is 2.48. The highest BCUT2D eigenvalue weighted by molar-refractivity contribution is 7.84. The molecule has 0 radical (unpaired) electrons. The Bertz CT molecular complexity index is 309. The van der Waals surface area contributed by atoms with Crippen molar-refractivity contribution in [3.63, 3.8) is 0 Å². The Balaban J connectivity index is 2.34. The summed E-state index contributed by atoms with van der Waals surface area (Å²) >= 11 is 0. The molecule has 5 heteroatoms. The molecule has 14 heavy (non-hydrogen) atoms. The van der Waals surface area contributed by atoms with E-state index in [1.165, 1.54) is 0 Å². The molecule has 0 aromatic carbocycles. The molecule has 0 saturated carbocycles. The molecule has 0 amide bonds. The fraction of sp³-hybridized carbons (Fsp3) is 0.667. The number of aromatic nitrogens is 2. The van der Waals surface area contributed by atoms with E-state index in [0.717, 1.165) is 12.1 Å². The third kappa shape index (κ3) is 4.02. The van der Waals surface area contributed by atoms with E-state index >= 15 is 0 Å². The Labute approximate surface area is 86.9 Å². The molecule has 4 nitrogen and oxygen atoms in total. The molecular formula is C9H17N3OS. The van der Waals surface area contributed by atoms with Crippen LogP contribution in [0, 0.1) is 0 Å². The molecule has 80 valence electrons. The van der Waals surface area contributed by atoms with Gasteiger partial charge in [-0.05, 0) is 19.4 Å². The van der Waals surface area contributed by atoms with E-state index < -0.39 is 10.8 Å². The van der Waals surface area contributed by atoms with Gasteiger partial charge in [0.25, 0.3) is 0 Å². The molecule has 2 atom stereocenters. The van der Waals surface area contributed by atoms with Crippen molar-refractivity contribution in [2.45, 2.75) is 25.1 Å². The Kier molecular flexibility index (Phi) is 4.28. The molecule has 1 heterocycles. The van der Waals surface area contributed by atoms with Crippen LogP contribution in [-0.4, -0.2) is 25.8 Å². The summed E-state index contributed by atoms with van der Waals surface area (Å²) in [6.07, 6.45) is 2.66. The van der Waals surface area contributed by atoms with Crippen LogP contribution in [-0.2, 0) is 23.6 Å². The first-order chi connectivity index (χ1) is 6.58. The van der Waals surface area contributed by atoms with Crippen LogP contribution in [0.15, 0.2) is 12.3 Å². The lowest BCUT2D eigenvalue weighted by Gasteiger charge is -2.03. The SMILES string of the molecule is CC(N)CCS(=O)Cc1ccn(C)n1. The predicted molar refractivity (Wildman–Crippen MR) is 58.2 cm³/mol. The number of rotatable bonds is 5. The van der Waals surface area contributed by atoms with Crippen molar-refractivity contribution in [3.05, 3.63) is 18.0 Å². The number of nitrogens with zero attached hydrogens (tertiary/aromatic N) is 2. The minimum absolute atomic E-state index is 0.127. The lowest BCUT2D eigenvalue weighted by molar-refractivity contribution is 0.665. The second kappa shape index (κ2) is 5.26. The van der Waals surface area contributed by atoms with Crippen LogP contribution < -0.4 is 5.73 Å². The summed E-state index contributed by atoms with van der Waals surface area (Å²) in [6.45, 7) is 1.93. The van der Waals surface area contributed by atoms with Gasteiger partial charge in [-0.3, -0.25) is 8.89 Å². The molecule has 0 aliphatic rings. The first-order valence-corrected chi connectivity index (χ1v) is 6.16. The van der Waals surface area contributed by atoms with Gasteiger partial charge in [0.2, 0.25) is 0 Å². The highest BCUT2D eigenvalue weighted by atomic mass is 32.2. The van der Waals surface area contributed by atoms with Gasteiger partial charge in [0.05, 0.1) is 11.4 Å². The molecule has 2 N–H and O–H groups in total. The van der Waals surface area contributed by atoms with Crippen LogP contribution in [0.5, 0.6) is 0 Å². The summed E-state index contributed by atoms with van der Waals surface area (Å²) in [7, 11) is 1.02. The van der Waals surface area contributed by atoms with E-state index in [2.05, 4.69) is 5.10 Å². The highest BCUT2D eigenvalue weighted by Crippen LogP contribution is 2.01. The average molecular weight is 215 g/mol. The van der Waals surface area contributed by atoms with Gasteiger partial charge in [-0.2, -0.15) is 5.10 Å². The van der Waals surface area contributed by atoms with Gasteiger partial charge in [-0.15, -0.1) is 0 Å². The largest absolute Gasteiger partial charge is 0.328 e. The van der Waals surface area contributed by atoms with E-state index in [4.69, 9.17) is 5.73 Å². The summed E-state index contributed by atoms with van der Waals surface area (Å²) in [5.41, 5.74) is 6.47. The maximum atomic E-state index is 11.5. The second-order valence-electron chi connectivity index (χ2n) is 3.53. The highest BCUT2D eigenvalue weighted by Gasteiger charge is 2.05. The van der Waals surface area contributed by atoms with Gasteiger partial charge in [0.1, 0.15) is 0 Å². The van der Waals surface area contributed by atoms with E-state index in [1.807, 2.05) is 26.2 Å². The molecule has 1 aromatic heterocycles. The molecule has 0 fully saturated rings. The van der Waals surface area contributed by atoms with Crippen LogP contribution in [0.4, 0.5) is 0 Å². The van der Waals surface area contributed by atoms with Gasteiger partial charge < -0.3 is 5.73 Å². The van der Waals surface area contributed by atoms with Crippen molar-refractivity contribution in [1.82, 2.24) is 9.78 Å². The third-order valence-electron chi connectivity index (χ3n) is 1.88. The molecule has 0 spiro atoms. The normalized spacial score (nSPS) is 15.4. The maximum absolute atomic E-state index is 11.5. The Morgan fingerprint density at radius 1 is 1.71 bits per heavy atom. The zero-order chi connectivity index (χ0) is 10.6. The van der Waals surface area contributed by atoms with Crippen molar-refractivity contribution in [2.24, 2.45) is 12.8 Å². The molecule has 0 aliphatic heterocycles. The molecule has 1 aromatic rings. The standard InChI is InChI=1S/C9H17N3OS/c1-8(10)4-6-14(13)7-9-3-5-12(2)11-9/h3,5,8H,4,6-7,10H2,1-2H3. The topological polar surface area (TPSA) is 60.9 Å². The summed E-state index contributed by atoms with van der Waals surface area (Å²) < 4.78 is 13.3.